The van der Waals surface area contributed by atoms with E-state index in [4.69, 9.17) is 22.2 Å². The van der Waals surface area contributed by atoms with Gasteiger partial charge in [0.1, 0.15) is 11.6 Å². The van der Waals surface area contributed by atoms with Crippen LogP contribution in [0.3, 0.4) is 0 Å². The maximum Gasteiger partial charge on any atom is 0.232 e. The number of para-hydroxylation sites is 1. The van der Waals surface area contributed by atoms with Gasteiger partial charge in [-0.15, -0.1) is 0 Å². The Balaban J connectivity index is 1.30. The minimum absolute atomic E-state index is 0.536. The largest absolute Gasteiger partial charge is 0.368 e. The first kappa shape index (κ1) is 25.3. The summed E-state index contributed by atoms with van der Waals surface area (Å²) in [4.78, 5) is 17.0. The number of piperazine rings is 1. The molecule has 0 radical (unpaired) electrons. The molecular formula is C29H37N7S. The van der Waals surface area contributed by atoms with Crippen LogP contribution in [0.5, 0.6) is 0 Å². The molecular weight excluding hydrogens is 478 g/mol. The van der Waals surface area contributed by atoms with Gasteiger partial charge in [-0.3, -0.25) is 0 Å². The maximum absolute atomic E-state index is 5.62. The van der Waals surface area contributed by atoms with Crippen molar-refractivity contribution in [2.75, 3.05) is 59.3 Å². The summed E-state index contributed by atoms with van der Waals surface area (Å²) < 4.78 is 0. The number of hydrogen-bond donors (Lipinski definition) is 2. The highest BCUT2D eigenvalue weighted by Gasteiger charge is 2.21. The van der Waals surface area contributed by atoms with Gasteiger partial charge in [0.25, 0.3) is 0 Å². The number of hydrogen-bond acceptors (Lipinski definition) is 6. The van der Waals surface area contributed by atoms with Gasteiger partial charge < -0.3 is 25.3 Å². The Labute approximate surface area is 225 Å². The summed E-state index contributed by atoms with van der Waals surface area (Å²) in [6.07, 6.45) is 4.98. The lowest BCUT2D eigenvalue weighted by Gasteiger charge is -2.37. The molecule has 2 aliphatic rings. The average Bonchev–Trinajstić information content (AvgIpc) is 3.23. The smallest absolute Gasteiger partial charge is 0.232 e. The zero-order valence-electron chi connectivity index (χ0n) is 21.7. The predicted molar refractivity (Wildman–Crippen MR) is 158 cm³/mol. The second kappa shape index (κ2) is 12.2. The highest BCUT2D eigenvalue weighted by Crippen LogP contribution is 2.26. The monoisotopic (exact) mass is 515 g/mol. The van der Waals surface area contributed by atoms with Gasteiger partial charge in [0.05, 0.1) is 0 Å². The van der Waals surface area contributed by atoms with Gasteiger partial charge in [-0.2, -0.15) is 9.97 Å². The zero-order chi connectivity index (χ0) is 25.5. The molecule has 0 atom stereocenters. The first-order valence-electron chi connectivity index (χ1n) is 13.4. The van der Waals surface area contributed by atoms with Crippen LogP contribution in [0.2, 0.25) is 0 Å². The summed E-state index contributed by atoms with van der Waals surface area (Å²) in [5, 5.41) is 7.11. The van der Waals surface area contributed by atoms with Crippen molar-refractivity contribution >= 4 is 40.6 Å². The minimum atomic E-state index is 0.536. The van der Waals surface area contributed by atoms with Crippen molar-refractivity contribution in [3.8, 4) is 0 Å². The topological polar surface area (TPSA) is 59.6 Å². The second-order valence-electron chi connectivity index (χ2n) is 9.91. The van der Waals surface area contributed by atoms with Crippen molar-refractivity contribution < 1.29 is 0 Å². The summed E-state index contributed by atoms with van der Waals surface area (Å²) in [6.45, 7) is 8.59. The molecule has 0 saturated carbocycles. The first-order valence-corrected chi connectivity index (χ1v) is 13.8. The second-order valence-corrected chi connectivity index (χ2v) is 10.3. The molecule has 0 bridgehead atoms. The van der Waals surface area contributed by atoms with Gasteiger partial charge in [-0.1, -0.05) is 60.9 Å². The lowest BCUT2D eigenvalue weighted by molar-refractivity contribution is 0.646. The van der Waals surface area contributed by atoms with Crippen LogP contribution < -0.4 is 25.3 Å². The van der Waals surface area contributed by atoms with Crippen molar-refractivity contribution in [2.45, 2.75) is 39.2 Å². The Kier molecular flexibility index (Phi) is 8.35. The van der Waals surface area contributed by atoms with Gasteiger partial charge in [-0.05, 0) is 49.7 Å². The molecule has 8 heteroatoms. The molecule has 2 aromatic carbocycles. The number of nitrogens with one attached hydrogen (secondary N) is 2. The van der Waals surface area contributed by atoms with Gasteiger partial charge in [-0.25, -0.2) is 0 Å². The number of benzene rings is 2. The number of anilines is 4. The van der Waals surface area contributed by atoms with E-state index in [1.807, 2.05) is 0 Å². The van der Waals surface area contributed by atoms with Crippen LogP contribution in [0.15, 0.2) is 60.7 Å². The Hall–Kier alpha value is -3.39. The fourth-order valence-corrected chi connectivity index (χ4v) is 5.13. The average molecular weight is 516 g/mol. The van der Waals surface area contributed by atoms with E-state index in [-0.39, 0.29) is 0 Å². The van der Waals surface area contributed by atoms with E-state index in [1.165, 1.54) is 42.5 Å². The Bertz CT molecular complexity index is 1150. The number of aromatic nitrogens is 2. The minimum Gasteiger partial charge on any atom is -0.368 e. The summed E-state index contributed by atoms with van der Waals surface area (Å²) >= 11 is 5.62. The van der Waals surface area contributed by atoms with Gasteiger partial charge in [0.15, 0.2) is 5.11 Å². The molecule has 2 saturated heterocycles. The fourth-order valence-electron chi connectivity index (χ4n) is 4.97. The molecule has 5 rings (SSSR count). The molecule has 3 heterocycles. The highest BCUT2D eigenvalue weighted by molar-refractivity contribution is 7.80. The van der Waals surface area contributed by atoms with E-state index in [9.17, 15) is 0 Å². The van der Waals surface area contributed by atoms with Crippen LogP contribution in [0, 0.1) is 6.92 Å². The van der Waals surface area contributed by atoms with E-state index < -0.39 is 0 Å². The number of aryl methyl sites for hydroxylation is 1. The van der Waals surface area contributed by atoms with E-state index in [1.54, 1.807) is 0 Å². The Morgan fingerprint density at radius 2 is 1.35 bits per heavy atom. The predicted octanol–water partition coefficient (Wildman–Crippen LogP) is 4.98. The summed E-state index contributed by atoms with van der Waals surface area (Å²) in [7, 11) is 0. The number of nitrogens with zero attached hydrogens (tertiary/aromatic N) is 5. The van der Waals surface area contributed by atoms with Crippen molar-refractivity contribution in [3.63, 3.8) is 0 Å². The fraction of sp³-hybridized carbons (Fsp3) is 0.414. The first-order chi connectivity index (χ1) is 18.1. The van der Waals surface area contributed by atoms with Crippen molar-refractivity contribution in [3.05, 3.63) is 71.8 Å². The highest BCUT2D eigenvalue weighted by atomic mass is 32.1. The van der Waals surface area contributed by atoms with Gasteiger partial charge in [0, 0.05) is 57.6 Å². The maximum atomic E-state index is 5.62. The summed E-state index contributed by atoms with van der Waals surface area (Å²) in [6, 6.07) is 21.3. The normalized spacial score (nSPS) is 16.3. The molecule has 0 aliphatic carbocycles. The van der Waals surface area contributed by atoms with E-state index in [0.717, 1.165) is 50.9 Å². The Morgan fingerprint density at radius 3 is 2.00 bits per heavy atom. The van der Waals surface area contributed by atoms with E-state index in [0.29, 0.717) is 17.6 Å². The molecule has 0 unspecified atom stereocenters. The van der Waals surface area contributed by atoms with Crippen molar-refractivity contribution in [1.29, 1.82) is 0 Å². The standard InChI is InChI=1S/C29H37N7S/c1-23-11-13-24(14-12-23)22-30-29(37)33-28-31-26(35-15-7-2-3-8-16-35)21-27(32-28)36-19-17-34(18-20-36)25-9-5-4-6-10-25/h4-6,9-14,21H,2-3,7-8,15-20,22H2,1H3,(H2,30,31,32,33,37). The van der Waals surface area contributed by atoms with Crippen molar-refractivity contribution in [1.82, 2.24) is 15.3 Å². The molecule has 2 N–H and O–H groups in total. The summed E-state index contributed by atoms with van der Waals surface area (Å²) in [5.41, 5.74) is 3.72. The zero-order valence-corrected chi connectivity index (χ0v) is 22.5. The van der Waals surface area contributed by atoms with Crippen LogP contribution in [0.1, 0.15) is 36.8 Å². The quantitative estimate of drug-likeness (QED) is 0.446. The molecule has 194 valence electrons. The molecule has 2 aliphatic heterocycles. The molecule has 3 aromatic rings. The SMILES string of the molecule is Cc1ccc(CNC(=S)Nc2nc(N3CCCCCC3)cc(N3CCN(c4ccccc4)CC3)n2)cc1. The molecule has 1 aromatic heterocycles. The van der Waals surface area contributed by atoms with Crippen LogP contribution in [0.25, 0.3) is 0 Å². The number of thiocarbonyl (C=S) groups is 1. The van der Waals surface area contributed by atoms with Gasteiger partial charge >= 0.3 is 0 Å². The molecule has 37 heavy (non-hydrogen) atoms. The molecule has 2 fully saturated rings. The van der Waals surface area contributed by atoms with Crippen LogP contribution >= 0.6 is 12.2 Å². The lowest BCUT2D eigenvalue weighted by Crippen LogP contribution is -2.47. The van der Waals surface area contributed by atoms with E-state index in [2.05, 4.69) is 92.9 Å². The van der Waals surface area contributed by atoms with Crippen LogP contribution in [-0.4, -0.2) is 54.3 Å². The third kappa shape index (κ3) is 6.89. The van der Waals surface area contributed by atoms with E-state index >= 15 is 0 Å². The van der Waals surface area contributed by atoms with Crippen LogP contribution in [-0.2, 0) is 6.54 Å². The molecule has 0 amide bonds. The molecule has 7 nitrogen and oxygen atoms in total. The third-order valence-corrected chi connectivity index (χ3v) is 7.40. The van der Waals surface area contributed by atoms with Crippen LogP contribution in [0.4, 0.5) is 23.3 Å². The van der Waals surface area contributed by atoms with Gasteiger partial charge in [0.2, 0.25) is 5.95 Å². The molecule has 0 spiro atoms. The van der Waals surface area contributed by atoms with Crippen molar-refractivity contribution in [2.24, 2.45) is 0 Å². The third-order valence-electron chi connectivity index (χ3n) is 7.15. The lowest BCUT2D eigenvalue weighted by atomic mass is 10.1. The number of rotatable bonds is 6. The summed E-state index contributed by atoms with van der Waals surface area (Å²) in [5.74, 6) is 2.51. The Morgan fingerprint density at radius 1 is 0.757 bits per heavy atom.